The summed E-state index contributed by atoms with van der Waals surface area (Å²) in [5, 5.41) is 0. The molecule has 1 saturated heterocycles. The van der Waals surface area contributed by atoms with Gasteiger partial charge in [0.25, 0.3) is 0 Å². The summed E-state index contributed by atoms with van der Waals surface area (Å²) in [6.07, 6.45) is 1.97. The molecule has 158 valence electrons. The highest BCUT2D eigenvalue weighted by Gasteiger charge is 2.39. The molecular weight excluding hydrogens is 376 g/mol. The quantitative estimate of drug-likeness (QED) is 0.730. The Morgan fingerprint density at radius 2 is 1.77 bits per heavy atom. The van der Waals surface area contributed by atoms with Gasteiger partial charge in [0.1, 0.15) is 11.6 Å². The molecule has 0 radical (unpaired) electrons. The number of amides is 2. The Morgan fingerprint density at radius 3 is 2.50 bits per heavy atom. The summed E-state index contributed by atoms with van der Waals surface area (Å²) in [4.78, 5) is 29.4. The van der Waals surface area contributed by atoms with Crippen molar-refractivity contribution in [2.24, 2.45) is 0 Å². The fraction of sp³-hybridized carbons (Fsp3) is 0.440. The summed E-state index contributed by atoms with van der Waals surface area (Å²) in [7, 11) is 0. The van der Waals surface area contributed by atoms with Crippen LogP contribution in [0.15, 0.2) is 48.5 Å². The van der Waals surface area contributed by atoms with Crippen LogP contribution in [-0.2, 0) is 22.5 Å². The SMILES string of the molecule is CC(C)(C)OC(=O)N1CCC[C@H]1C(=O)N1CCc2c(cccc2-c2ccccc2)C1. The maximum atomic E-state index is 13.3. The van der Waals surface area contributed by atoms with Gasteiger partial charge in [0.15, 0.2) is 0 Å². The lowest BCUT2D eigenvalue weighted by atomic mass is 9.90. The Labute approximate surface area is 178 Å². The number of carbonyl (C=O) groups is 2. The smallest absolute Gasteiger partial charge is 0.410 e. The van der Waals surface area contributed by atoms with E-state index in [9.17, 15) is 9.59 Å². The second kappa shape index (κ2) is 8.13. The zero-order chi connectivity index (χ0) is 21.3. The van der Waals surface area contributed by atoms with E-state index in [0.29, 0.717) is 26.1 Å². The molecule has 0 saturated carbocycles. The monoisotopic (exact) mass is 406 g/mol. The number of ether oxygens (including phenoxy) is 1. The Bertz CT molecular complexity index is 933. The fourth-order valence-electron chi connectivity index (χ4n) is 4.46. The lowest BCUT2D eigenvalue weighted by molar-refractivity contribution is -0.136. The molecule has 0 spiro atoms. The van der Waals surface area contributed by atoms with Gasteiger partial charge in [0.2, 0.25) is 5.91 Å². The highest BCUT2D eigenvalue weighted by atomic mass is 16.6. The normalized spacial score (nSPS) is 18.8. The molecule has 0 N–H and O–H groups in total. The second-order valence-electron chi connectivity index (χ2n) is 9.15. The number of benzene rings is 2. The van der Waals surface area contributed by atoms with Crippen molar-refractivity contribution < 1.29 is 14.3 Å². The van der Waals surface area contributed by atoms with E-state index in [-0.39, 0.29) is 12.0 Å². The van der Waals surface area contributed by atoms with Gasteiger partial charge in [-0.1, -0.05) is 48.5 Å². The molecule has 0 aliphatic carbocycles. The molecular formula is C25H30N2O3. The predicted octanol–water partition coefficient (Wildman–Crippen LogP) is 4.64. The topological polar surface area (TPSA) is 49.9 Å². The summed E-state index contributed by atoms with van der Waals surface area (Å²) in [5.74, 6) is 0.0362. The molecule has 2 aliphatic heterocycles. The van der Waals surface area contributed by atoms with Gasteiger partial charge in [0.05, 0.1) is 0 Å². The first-order valence-electron chi connectivity index (χ1n) is 10.8. The van der Waals surface area contributed by atoms with E-state index in [0.717, 1.165) is 12.8 Å². The zero-order valence-corrected chi connectivity index (χ0v) is 18.1. The summed E-state index contributed by atoms with van der Waals surface area (Å²) in [6, 6.07) is 16.3. The lowest BCUT2D eigenvalue weighted by Crippen LogP contribution is -2.50. The van der Waals surface area contributed by atoms with Crippen molar-refractivity contribution in [1.82, 2.24) is 9.80 Å². The average Bonchev–Trinajstić information content (AvgIpc) is 3.22. The maximum Gasteiger partial charge on any atom is 0.410 e. The van der Waals surface area contributed by atoms with E-state index >= 15 is 0 Å². The van der Waals surface area contributed by atoms with E-state index in [1.807, 2.05) is 31.7 Å². The van der Waals surface area contributed by atoms with Gasteiger partial charge >= 0.3 is 6.09 Å². The molecule has 2 heterocycles. The molecule has 2 aliphatic rings. The van der Waals surface area contributed by atoms with Crippen molar-refractivity contribution >= 4 is 12.0 Å². The van der Waals surface area contributed by atoms with Crippen LogP contribution in [-0.4, -0.2) is 46.5 Å². The van der Waals surface area contributed by atoms with E-state index in [1.54, 1.807) is 4.90 Å². The standard InChI is InChI=1S/C25H30N2O3/c1-25(2,3)30-24(29)27-15-8-13-22(27)23(28)26-16-14-21-19(17-26)11-7-12-20(21)18-9-5-4-6-10-18/h4-7,9-12,22H,8,13-17H2,1-3H3/t22-/m0/s1. The van der Waals surface area contributed by atoms with Crippen LogP contribution in [0.2, 0.25) is 0 Å². The number of nitrogens with zero attached hydrogens (tertiary/aromatic N) is 2. The van der Waals surface area contributed by atoms with Gasteiger partial charge in [-0.3, -0.25) is 9.69 Å². The zero-order valence-electron chi connectivity index (χ0n) is 18.1. The summed E-state index contributed by atoms with van der Waals surface area (Å²) >= 11 is 0. The molecule has 0 unspecified atom stereocenters. The van der Waals surface area contributed by atoms with Crippen LogP contribution in [0.1, 0.15) is 44.7 Å². The van der Waals surface area contributed by atoms with Crippen LogP contribution in [0.3, 0.4) is 0 Å². The fourth-order valence-corrected chi connectivity index (χ4v) is 4.46. The van der Waals surface area contributed by atoms with Crippen molar-refractivity contribution in [2.45, 2.75) is 58.2 Å². The third-order valence-electron chi connectivity index (χ3n) is 5.83. The van der Waals surface area contributed by atoms with Crippen LogP contribution in [0, 0.1) is 0 Å². The highest BCUT2D eigenvalue weighted by molar-refractivity contribution is 5.86. The molecule has 2 amide bonds. The first-order chi connectivity index (χ1) is 14.3. The highest BCUT2D eigenvalue weighted by Crippen LogP contribution is 2.31. The molecule has 0 aromatic heterocycles. The molecule has 0 bridgehead atoms. The minimum absolute atomic E-state index is 0.0362. The summed E-state index contributed by atoms with van der Waals surface area (Å²) < 4.78 is 5.53. The first kappa shape index (κ1) is 20.5. The maximum absolute atomic E-state index is 13.3. The van der Waals surface area contributed by atoms with Crippen LogP contribution >= 0.6 is 0 Å². The van der Waals surface area contributed by atoms with Crippen LogP contribution in [0.5, 0.6) is 0 Å². The van der Waals surface area contributed by atoms with E-state index in [2.05, 4.69) is 42.5 Å². The Hall–Kier alpha value is -2.82. The Balaban J connectivity index is 1.51. The first-order valence-corrected chi connectivity index (χ1v) is 10.8. The van der Waals surface area contributed by atoms with Crippen LogP contribution < -0.4 is 0 Å². The third-order valence-corrected chi connectivity index (χ3v) is 5.83. The molecule has 5 heteroatoms. The van der Waals surface area contributed by atoms with Gasteiger partial charge < -0.3 is 9.64 Å². The summed E-state index contributed by atoms with van der Waals surface area (Å²) in [6.45, 7) is 7.40. The molecule has 2 aromatic carbocycles. The number of likely N-dealkylation sites (tertiary alicyclic amines) is 1. The summed E-state index contributed by atoms with van der Waals surface area (Å²) in [5.41, 5.74) is 4.41. The van der Waals surface area contributed by atoms with Crippen molar-refractivity contribution in [2.75, 3.05) is 13.1 Å². The van der Waals surface area contributed by atoms with Crippen LogP contribution in [0.4, 0.5) is 4.79 Å². The van der Waals surface area contributed by atoms with E-state index < -0.39 is 11.6 Å². The van der Waals surface area contributed by atoms with Gasteiger partial charge in [0, 0.05) is 19.6 Å². The van der Waals surface area contributed by atoms with Gasteiger partial charge in [-0.25, -0.2) is 4.79 Å². The molecule has 1 fully saturated rings. The van der Waals surface area contributed by atoms with Gasteiger partial charge in [-0.15, -0.1) is 0 Å². The number of carbonyl (C=O) groups excluding carboxylic acids is 2. The Kier molecular flexibility index (Phi) is 5.54. The van der Waals surface area contributed by atoms with Crippen molar-refractivity contribution in [1.29, 1.82) is 0 Å². The molecule has 30 heavy (non-hydrogen) atoms. The largest absolute Gasteiger partial charge is 0.444 e. The third kappa shape index (κ3) is 4.20. The number of rotatable bonds is 2. The molecule has 5 nitrogen and oxygen atoms in total. The van der Waals surface area contributed by atoms with E-state index in [1.165, 1.54) is 22.3 Å². The number of hydrogen-bond acceptors (Lipinski definition) is 3. The minimum Gasteiger partial charge on any atom is -0.444 e. The lowest BCUT2D eigenvalue weighted by Gasteiger charge is -2.35. The van der Waals surface area contributed by atoms with Crippen molar-refractivity contribution in [3.8, 4) is 11.1 Å². The average molecular weight is 407 g/mol. The molecule has 4 rings (SSSR count). The number of hydrogen-bond donors (Lipinski definition) is 0. The predicted molar refractivity (Wildman–Crippen MR) is 117 cm³/mol. The van der Waals surface area contributed by atoms with Crippen molar-refractivity contribution in [3.05, 3.63) is 59.7 Å². The van der Waals surface area contributed by atoms with Gasteiger partial charge in [-0.05, 0) is 62.3 Å². The van der Waals surface area contributed by atoms with Crippen molar-refractivity contribution in [3.63, 3.8) is 0 Å². The van der Waals surface area contributed by atoms with Gasteiger partial charge in [-0.2, -0.15) is 0 Å². The molecule has 2 aromatic rings. The minimum atomic E-state index is -0.564. The second-order valence-corrected chi connectivity index (χ2v) is 9.15. The Morgan fingerprint density at radius 1 is 1.00 bits per heavy atom. The van der Waals surface area contributed by atoms with E-state index in [4.69, 9.17) is 4.74 Å². The molecule has 1 atom stereocenters. The number of fused-ring (bicyclic) bond motifs is 1. The van der Waals surface area contributed by atoms with Crippen LogP contribution in [0.25, 0.3) is 11.1 Å².